The van der Waals surface area contributed by atoms with Crippen molar-refractivity contribution in [3.8, 4) is 5.69 Å². The Bertz CT molecular complexity index is 1090. The fourth-order valence-corrected chi connectivity index (χ4v) is 4.78. The highest BCUT2D eigenvalue weighted by Crippen LogP contribution is 2.39. The first kappa shape index (κ1) is 16.9. The summed E-state index contributed by atoms with van der Waals surface area (Å²) in [5, 5.41) is 2.54. The molecule has 4 rings (SSSR count). The molecule has 4 aromatic rings. The van der Waals surface area contributed by atoms with E-state index >= 15 is 0 Å². The summed E-state index contributed by atoms with van der Waals surface area (Å²) in [6.45, 7) is 6.78. The molecule has 0 saturated heterocycles. The lowest BCUT2D eigenvalue weighted by atomic mass is 9.86. The lowest BCUT2D eigenvalue weighted by Crippen LogP contribution is -2.10. The highest BCUT2D eigenvalue weighted by Gasteiger charge is 2.19. The third-order valence-corrected chi connectivity index (χ3v) is 5.72. The van der Waals surface area contributed by atoms with Gasteiger partial charge in [0.1, 0.15) is 0 Å². The fourth-order valence-electron chi connectivity index (χ4n) is 3.38. The van der Waals surface area contributed by atoms with Crippen molar-refractivity contribution >= 4 is 53.7 Å². The molecule has 0 radical (unpaired) electrons. The monoisotopic (exact) mass is 455 g/mol. The van der Waals surface area contributed by atoms with Crippen LogP contribution in [0.15, 0.2) is 69.6 Å². The maximum Gasteiger partial charge on any atom is 0.0683 e. The molecule has 126 valence electrons. The topological polar surface area (TPSA) is 4.93 Å². The Hall–Kier alpha value is -1.58. The van der Waals surface area contributed by atoms with E-state index in [0.29, 0.717) is 0 Å². The second-order valence-corrected chi connectivity index (χ2v) is 9.21. The molecule has 25 heavy (non-hydrogen) atoms. The van der Waals surface area contributed by atoms with Gasteiger partial charge in [-0.15, -0.1) is 0 Å². The summed E-state index contributed by atoms with van der Waals surface area (Å²) in [5.74, 6) is 0. The van der Waals surface area contributed by atoms with Crippen LogP contribution in [-0.2, 0) is 5.41 Å². The maximum absolute atomic E-state index is 3.78. The highest BCUT2D eigenvalue weighted by molar-refractivity contribution is 9.11. The Labute approximate surface area is 164 Å². The van der Waals surface area contributed by atoms with Crippen LogP contribution < -0.4 is 0 Å². The molecule has 0 aliphatic carbocycles. The predicted octanol–water partition coefficient (Wildman–Crippen LogP) is 7.61. The molecule has 0 unspecified atom stereocenters. The van der Waals surface area contributed by atoms with E-state index in [4.69, 9.17) is 0 Å². The van der Waals surface area contributed by atoms with E-state index in [1.54, 1.807) is 0 Å². The predicted molar refractivity (Wildman–Crippen MR) is 115 cm³/mol. The number of aromatic nitrogens is 1. The SMILES string of the molecule is CC(C)(C)c1ccc2c(c1)c1cc(Br)cc(Br)c1n2-c1ccccc1. The van der Waals surface area contributed by atoms with Crippen LogP contribution in [0.25, 0.3) is 27.5 Å². The van der Waals surface area contributed by atoms with Crippen LogP contribution in [0.4, 0.5) is 0 Å². The third-order valence-electron chi connectivity index (χ3n) is 4.66. The summed E-state index contributed by atoms with van der Waals surface area (Å²) in [7, 11) is 0. The van der Waals surface area contributed by atoms with Gasteiger partial charge in [-0.3, -0.25) is 0 Å². The molecule has 0 saturated carbocycles. The number of hydrogen-bond acceptors (Lipinski definition) is 0. The minimum absolute atomic E-state index is 0.124. The summed E-state index contributed by atoms with van der Waals surface area (Å²) in [6.07, 6.45) is 0. The van der Waals surface area contributed by atoms with Crippen LogP contribution in [0, 0.1) is 0 Å². The number of fused-ring (bicyclic) bond motifs is 3. The number of para-hydroxylation sites is 1. The molecule has 0 amide bonds. The van der Waals surface area contributed by atoms with E-state index in [2.05, 4.69) is 118 Å². The zero-order valence-electron chi connectivity index (χ0n) is 14.5. The number of benzene rings is 3. The lowest BCUT2D eigenvalue weighted by Gasteiger charge is -2.19. The van der Waals surface area contributed by atoms with Crippen LogP contribution in [0.5, 0.6) is 0 Å². The molecule has 0 aliphatic heterocycles. The molecule has 0 bridgehead atoms. The number of rotatable bonds is 1. The van der Waals surface area contributed by atoms with Crippen LogP contribution >= 0.6 is 31.9 Å². The van der Waals surface area contributed by atoms with E-state index in [1.165, 1.54) is 33.1 Å². The lowest BCUT2D eigenvalue weighted by molar-refractivity contribution is 0.591. The summed E-state index contributed by atoms with van der Waals surface area (Å²) in [4.78, 5) is 0. The van der Waals surface area contributed by atoms with Crippen LogP contribution in [0.3, 0.4) is 0 Å². The van der Waals surface area contributed by atoms with Crippen molar-refractivity contribution < 1.29 is 0 Å². The van der Waals surface area contributed by atoms with E-state index < -0.39 is 0 Å². The zero-order valence-corrected chi connectivity index (χ0v) is 17.6. The van der Waals surface area contributed by atoms with Crippen molar-refractivity contribution in [2.24, 2.45) is 0 Å². The summed E-state index contributed by atoms with van der Waals surface area (Å²) in [5.41, 5.74) is 5.08. The first-order valence-corrected chi connectivity index (χ1v) is 9.94. The highest BCUT2D eigenvalue weighted by atomic mass is 79.9. The smallest absolute Gasteiger partial charge is 0.0683 e. The number of nitrogens with zero attached hydrogens (tertiary/aromatic N) is 1. The Kier molecular flexibility index (Phi) is 4.04. The van der Waals surface area contributed by atoms with Gasteiger partial charge in [-0.25, -0.2) is 0 Å². The van der Waals surface area contributed by atoms with E-state index in [0.717, 1.165) is 8.95 Å². The van der Waals surface area contributed by atoms with Gasteiger partial charge in [0, 0.05) is 25.4 Å². The van der Waals surface area contributed by atoms with Gasteiger partial charge in [-0.2, -0.15) is 0 Å². The van der Waals surface area contributed by atoms with Crippen molar-refractivity contribution in [3.05, 3.63) is 75.2 Å². The van der Waals surface area contributed by atoms with E-state index in [-0.39, 0.29) is 5.41 Å². The van der Waals surface area contributed by atoms with Gasteiger partial charge in [0.15, 0.2) is 0 Å². The Morgan fingerprint density at radius 3 is 2.20 bits per heavy atom. The molecule has 0 aliphatic rings. The molecule has 0 spiro atoms. The molecule has 3 heteroatoms. The number of hydrogen-bond donors (Lipinski definition) is 0. The first-order valence-electron chi connectivity index (χ1n) is 8.35. The molecule has 0 atom stereocenters. The largest absolute Gasteiger partial charge is 0.308 e. The van der Waals surface area contributed by atoms with Gasteiger partial charge in [0.2, 0.25) is 0 Å². The third kappa shape index (κ3) is 2.84. The normalized spacial score (nSPS) is 12.2. The average Bonchev–Trinajstić information content (AvgIpc) is 2.89. The molecule has 0 N–H and O–H groups in total. The maximum atomic E-state index is 3.78. The van der Waals surface area contributed by atoms with Crippen LogP contribution in [0.1, 0.15) is 26.3 Å². The van der Waals surface area contributed by atoms with Crippen molar-refractivity contribution in [1.82, 2.24) is 4.57 Å². The van der Waals surface area contributed by atoms with Gasteiger partial charge in [-0.05, 0) is 63.3 Å². The summed E-state index contributed by atoms with van der Waals surface area (Å²) >= 11 is 7.43. The molecule has 1 heterocycles. The summed E-state index contributed by atoms with van der Waals surface area (Å²) < 4.78 is 4.52. The second-order valence-electron chi connectivity index (χ2n) is 7.44. The average molecular weight is 457 g/mol. The van der Waals surface area contributed by atoms with Crippen LogP contribution in [0.2, 0.25) is 0 Å². The Balaban J connectivity index is 2.20. The number of halogens is 2. The Morgan fingerprint density at radius 1 is 0.800 bits per heavy atom. The Morgan fingerprint density at radius 2 is 1.52 bits per heavy atom. The van der Waals surface area contributed by atoms with Gasteiger partial charge in [0.05, 0.1) is 11.0 Å². The zero-order chi connectivity index (χ0) is 17.8. The van der Waals surface area contributed by atoms with Gasteiger partial charge < -0.3 is 4.57 Å². The van der Waals surface area contributed by atoms with E-state index in [1.807, 2.05) is 0 Å². The second kappa shape index (κ2) is 6.00. The van der Waals surface area contributed by atoms with E-state index in [9.17, 15) is 0 Å². The quantitative estimate of drug-likeness (QED) is 0.277. The molecule has 3 aromatic carbocycles. The standard InChI is InChI=1S/C22H19Br2N/c1-22(2,3)14-9-10-20-17(11-14)18-12-15(23)13-19(24)21(18)25(20)16-7-5-4-6-8-16/h4-13H,1-3H3. The van der Waals surface area contributed by atoms with Gasteiger partial charge >= 0.3 is 0 Å². The van der Waals surface area contributed by atoms with Crippen molar-refractivity contribution in [3.63, 3.8) is 0 Å². The molecule has 1 nitrogen and oxygen atoms in total. The molecular weight excluding hydrogens is 438 g/mol. The minimum Gasteiger partial charge on any atom is -0.308 e. The van der Waals surface area contributed by atoms with Gasteiger partial charge in [0.25, 0.3) is 0 Å². The molecule has 1 aromatic heterocycles. The van der Waals surface area contributed by atoms with Gasteiger partial charge in [-0.1, -0.05) is 61.0 Å². The van der Waals surface area contributed by atoms with Crippen molar-refractivity contribution in [1.29, 1.82) is 0 Å². The minimum atomic E-state index is 0.124. The van der Waals surface area contributed by atoms with Crippen molar-refractivity contribution in [2.75, 3.05) is 0 Å². The van der Waals surface area contributed by atoms with Crippen LogP contribution in [-0.4, -0.2) is 4.57 Å². The summed E-state index contributed by atoms with van der Waals surface area (Å²) in [6, 6.07) is 21.7. The molecular formula is C22H19Br2N. The molecule has 0 fully saturated rings. The first-order chi connectivity index (χ1) is 11.9. The van der Waals surface area contributed by atoms with Crippen molar-refractivity contribution in [2.45, 2.75) is 26.2 Å². The fraction of sp³-hybridized carbons (Fsp3) is 0.182.